The molecule has 0 aliphatic heterocycles. The first kappa shape index (κ1) is 20.5. The number of amides is 1. The van der Waals surface area contributed by atoms with Crippen molar-refractivity contribution in [2.24, 2.45) is 0 Å². The first-order valence-electron chi connectivity index (χ1n) is 9.96. The summed E-state index contributed by atoms with van der Waals surface area (Å²) in [6, 6.07) is 22.0. The molecule has 0 fully saturated rings. The fraction of sp³-hybridized carbons (Fsp3) is 0.292. The van der Waals surface area contributed by atoms with Crippen LogP contribution in [-0.4, -0.2) is 26.8 Å². The van der Waals surface area contributed by atoms with Gasteiger partial charge < -0.3 is 10.2 Å². The van der Waals surface area contributed by atoms with E-state index in [1.807, 2.05) is 74.2 Å². The van der Waals surface area contributed by atoms with E-state index in [0.29, 0.717) is 23.9 Å². The zero-order valence-electron chi connectivity index (χ0n) is 17.5. The Kier molecular flexibility index (Phi) is 6.60. The van der Waals surface area contributed by atoms with Gasteiger partial charge in [0.2, 0.25) is 0 Å². The third-order valence-corrected chi connectivity index (χ3v) is 4.80. The second-order valence-corrected chi connectivity index (χ2v) is 7.47. The number of carbonyl (C=O) groups excluding carboxylic acids is 1. The maximum absolute atomic E-state index is 13.3. The smallest absolute Gasteiger partial charge is 0.273 e. The number of rotatable bonds is 7. The van der Waals surface area contributed by atoms with Crippen LogP contribution in [0.5, 0.6) is 0 Å². The zero-order chi connectivity index (χ0) is 20.8. The molecule has 0 bridgehead atoms. The van der Waals surface area contributed by atoms with Crippen LogP contribution >= 0.6 is 0 Å². The molecule has 5 nitrogen and oxygen atoms in total. The molecule has 0 saturated carbocycles. The highest BCUT2D eigenvalue weighted by molar-refractivity contribution is 5.93. The second kappa shape index (κ2) is 9.32. The molecule has 3 aromatic rings. The van der Waals surface area contributed by atoms with Crippen molar-refractivity contribution in [3.8, 4) is 0 Å². The Bertz CT molecular complexity index is 942. The van der Waals surface area contributed by atoms with Gasteiger partial charge in [-0.3, -0.25) is 4.79 Å². The van der Waals surface area contributed by atoms with E-state index in [2.05, 4.69) is 34.3 Å². The molecular formula is C24H28N4O. The molecule has 0 saturated heterocycles. The minimum absolute atomic E-state index is 0.0534. The van der Waals surface area contributed by atoms with Gasteiger partial charge in [-0.1, -0.05) is 60.7 Å². The van der Waals surface area contributed by atoms with Crippen LogP contribution in [0.25, 0.3) is 0 Å². The number of carbonyl (C=O) groups is 1. The summed E-state index contributed by atoms with van der Waals surface area (Å²) >= 11 is 0. The van der Waals surface area contributed by atoms with Gasteiger partial charge in [-0.2, -0.15) is 0 Å². The highest BCUT2D eigenvalue weighted by Gasteiger charge is 2.22. The van der Waals surface area contributed by atoms with Gasteiger partial charge in [0.05, 0.1) is 0 Å². The van der Waals surface area contributed by atoms with Crippen LogP contribution < -0.4 is 5.32 Å². The van der Waals surface area contributed by atoms with Crippen LogP contribution in [-0.2, 0) is 6.54 Å². The number of nitrogens with one attached hydrogen (secondary N) is 1. The van der Waals surface area contributed by atoms with Crippen LogP contribution in [0.2, 0.25) is 0 Å². The number of anilines is 1. The van der Waals surface area contributed by atoms with E-state index < -0.39 is 0 Å². The third kappa shape index (κ3) is 5.41. The molecule has 0 aliphatic carbocycles. The SMILES string of the molecule is Cc1nc(NC(C)c2ccccc2)cc(C(=O)N(Cc2ccccc2)C(C)C)n1. The van der Waals surface area contributed by atoms with Gasteiger partial charge in [-0.05, 0) is 38.8 Å². The van der Waals surface area contributed by atoms with Crippen LogP contribution in [0.15, 0.2) is 66.7 Å². The summed E-state index contributed by atoms with van der Waals surface area (Å²) < 4.78 is 0. The first-order valence-corrected chi connectivity index (χ1v) is 9.96. The summed E-state index contributed by atoms with van der Waals surface area (Å²) in [5, 5.41) is 3.39. The molecular weight excluding hydrogens is 360 g/mol. The summed E-state index contributed by atoms with van der Waals surface area (Å²) in [5.41, 5.74) is 2.66. The van der Waals surface area contributed by atoms with Crippen LogP contribution in [0.3, 0.4) is 0 Å². The molecule has 1 heterocycles. The van der Waals surface area contributed by atoms with E-state index in [4.69, 9.17) is 0 Å². The molecule has 5 heteroatoms. The summed E-state index contributed by atoms with van der Waals surface area (Å²) in [6.45, 7) is 8.47. The van der Waals surface area contributed by atoms with E-state index in [9.17, 15) is 4.79 Å². The van der Waals surface area contributed by atoms with Gasteiger partial charge in [0.15, 0.2) is 0 Å². The maximum atomic E-state index is 13.3. The predicted octanol–water partition coefficient (Wildman–Crippen LogP) is 5.01. The first-order chi connectivity index (χ1) is 13.9. The average Bonchev–Trinajstić information content (AvgIpc) is 2.72. The highest BCUT2D eigenvalue weighted by Crippen LogP contribution is 2.20. The van der Waals surface area contributed by atoms with Gasteiger partial charge in [-0.25, -0.2) is 9.97 Å². The Balaban J connectivity index is 1.82. The van der Waals surface area contributed by atoms with Crippen molar-refractivity contribution in [1.82, 2.24) is 14.9 Å². The number of aromatic nitrogens is 2. The Morgan fingerprint density at radius 2 is 1.59 bits per heavy atom. The molecule has 0 spiro atoms. The number of nitrogens with zero attached hydrogens (tertiary/aromatic N) is 3. The predicted molar refractivity (Wildman–Crippen MR) is 117 cm³/mol. The largest absolute Gasteiger partial charge is 0.363 e. The topological polar surface area (TPSA) is 58.1 Å². The van der Waals surface area contributed by atoms with Crippen molar-refractivity contribution in [2.45, 2.75) is 46.3 Å². The van der Waals surface area contributed by atoms with Crippen molar-refractivity contribution >= 4 is 11.7 Å². The standard InChI is InChI=1S/C24H28N4O/c1-17(2)28(16-20-11-7-5-8-12-20)24(29)22-15-23(27-19(4)26-22)25-18(3)21-13-9-6-10-14-21/h5-15,17-18H,16H2,1-4H3,(H,25,26,27). The lowest BCUT2D eigenvalue weighted by Gasteiger charge is -2.27. The fourth-order valence-corrected chi connectivity index (χ4v) is 3.21. The molecule has 1 atom stereocenters. The molecule has 0 radical (unpaired) electrons. The summed E-state index contributed by atoms with van der Waals surface area (Å²) in [4.78, 5) is 24.0. The van der Waals surface area contributed by atoms with Crippen LogP contribution in [0.4, 0.5) is 5.82 Å². The van der Waals surface area contributed by atoms with Gasteiger partial charge in [0.25, 0.3) is 5.91 Å². The third-order valence-electron chi connectivity index (χ3n) is 4.80. The molecule has 1 amide bonds. The van der Waals surface area contributed by atoms with Crippen molar-refractivity contribution in [3.05, 3.63) is 89.4 Å². The lowest BCUT2D eigenvalue weighted by Crippen LogP contribution is -2.37. The normalized spacial score (nSPS) is 11.9. The van der Waals surface area contributed by atoms with E-state index in [-0.39, 0.29) is 18.0 Å². The quantitative estimate of drug-likeness (QED) is 0.618. The second-order valence-electron chi connectivity index (χ2n) is 7.47. The lowest BCUT2D eigenvalue weighted by molar-refractivity contribution is 0.0684. The average molecular weight is 389 g/mol. The maximum Gasteiger partial charge on any atom is 0.273 e. The molecule has 1 N–H and O–H groups in total. The van der Waals surface area contributed by atoms with E-state index in [1.165, 1.54) is 0 Å². The Morgan fingerprint density at radius 1 is 0.966 bits per heavy atom. The molecule has 2 aromatic carbocycles. The molecule has 1 unspecified atom stereocenters. The van der Waals surface area contributed by atoms with Crippen molar-refractivity contribution in [2.75, 3.05) is 5.32 Å². The molecule has 1 aromatic heterocycles. The zero-order valence-corrected chi connectivity index (χ0v) is 17.5. The summed E-state index contributed by atoms with van der Waals surface area (Å²) in [7, 11) is 0. The van der Waals surface area contributed by atoms with Gasteiger partial charge in [0, 0.05) is 24.7 Å². The number of hydrogen-bond acceptors (Lipinski definition) is 4. The van der Waals surface area contributed by atoms with Crippen molar-refractivity contribution in [1.29, 1.82) is 0 Å². The molecule has 0 aliphatic rings. The Hall–Kier alpha value is -3.21. The monoisotopic (exact) mass is 388 g/mol. The number of hydrogen-bond donors (Lipinski definition) is 1. The molecule has 3 rings (SSSR count). The van der Waals surface area contributed by atoms with Gasteiger partial charge >= 0.3 is 0 Å². The molecule has 150 valence electrons. The van der Waals surface area contributed by atoms with E-state index in [0.717, 1.165) is 11.1 Å². The van der Waals surface area contributed by atoms with Crippen molar-refractivity contribution in [3.63, 3.8) is 0 Å². The van der Waals surface area contributed by atoms with Gasteiger partial charge in [0.1, 0.15) is 17.3 Å². The highest BCUT2D eigenvalue weighted by atomic mass is 16.2. The van der Waals surface area contributed by atoms with Crippen LogP contribution in [0, 0.1) is 6.92 Å². The molecule has 29 heavy (non-hydrogen) atoms. The van der Waals surface area contributed by atoms with E-state index in [1.54, 1.807) is 6.07 Å². The Morgan fingerprint density at radius 3 is 2.21 bits per heavy atom. The minimum atomic E-state index is -0.0928. The fourth-order valence-electron chi connectivity index (χ4n) is 3.21. The minimum Gasteiger partial charge on any atom is -0.363 e. The summed E-state index contributed by atoms with van der Waals surface area (Å²) in [6.07, 6.45) is 0. The van der Waals surface area contributed by atoms with Crippen molar-refractivity contribution < 1.29 is 4.79 Å². The van der Waals surface area contributed by atoms with Crippen LogP contribution in [0.1, 0.15) is 54.3 Å². The van der Waals surface area contributed by atoms with Gasteiger partial charge in [-0.15, -0.1) is 0 Å². The lowest BCUT2D eigenvalue weighted by atomic mass is 10.1. The number of benzene rings is 2. The van der Waals surface area contributed by atoms with E-state index >= 15 is 0 Å². The summed E-state index contributed by atoms with van der Waals surface area (Å²) in [5.74, 6) is 1.13. The Labute approximate surface area is 172 Å². The number of aryl methyl sites for hydroxylation is 1.